The van der Waals surface area contributed by atoms with E-state index in [0.29, 0.717) is 21.7 Å². The summed E-state index contributed by atoms with van der Waals surface area (Å²) in [6, 6.07) is 24.0. The number of halogens is 1. The van der Waals surface area contributed by atoms with E-state index in [-0.39, 0.29) is 23.8 Å². The summed E-state index contributed by atoms with van der Waals surface area (Å²) in [6.45, 7) is 1.50. The van der Waals surface area contributed by atoms with Crippen molar-refractivity contribution >= 4 is 29.0 Å². The molecular weight excluding hydrogens is 424 g/mol. The lowest BCUT2D eigenvalue weighted by Crippen LogP contribution is -2.54. The minimum atomic E-state index is -1.61. The van der Waals surface area contributed by atoms with Crippen LogP contribution < -0.4 is 0 Å². The second-order valence-electron chi connectivity index (χ2n) is 8.49. The van der Waals surface area contributed by atoms with Crippen molar-refractivity contribution in [2.24, 2.45) is 11.8 Å². The normalized spacial score (nSPS) is 25.3. The van der Waals surface area contributed by atoms with Crippen LogP contribution in [0.15, 0.2) is 84.9 Å². The van der Waals surface area contributed by atoms with E-state index in [1.54, 1.807) is 84.9 Å². The third-order valence-corrected chi connectivity index (χ3v) is 6.46. The highest BCUT2D eigenvalue weighted by molar-refractivity contribution is 6.30. The molecule has 32 heavy (non-hydrogen) atoms. The second kappa shape index (κ2) is 8.81. The molecule has 4 rings (SSSR count). The molecule has 1 N–H and O–H groups in total. The molecule has 1 aliphatic rings. The van der Waals surface area contributed by atoms with Crippen LogP contribution in [-0.2, 0) is 4.79 Å². The largest absolute Gasteiger partial charge is 0.389 e. The Hall–Kier alpha value is -3.08. The minimum absolute atomic E-state index is 0.274. The van der Waals surface area contributed by atoms with Gasteiger partial charge in [-0.1, -0.05) is 84.4 Å². The van der Waals surface area contributed by atoms with Gasteiger partial charge in [0.1, 0.15) is 5.78 Å². The molecule has 3 aromatic carbocycles. The lowest BCUT2D eigenvalue weighted by molar-refractivity contribution is -0.134. The summed E-state index contributed by atoms with van der Waals surface area (Å²) < 4.78 is 0. The van der Waals surface area contributed by atoms with Gasteiger partial charge in [-0.3, -0.25) is 14.4 Å². The first-order valence-electron chi connectivity index (χ1n) is 10.5. The fourth-order valence-corrected chi connectivity index (χ4v) is 4.87. The molecule has 5 heteroatoms. The maximum absolute atomic E-state index is 13.7. The first kappa shape index (κ1) is 22.1. The van der Waals surface area contributed by atoms with Crippen molar-refractivity contribution in [2.75, 3.05) is 0 Å². The van der Waals surface area contributed by atoms with Crippen molar-refractivity contribution in [3.05, 3.63) is 107 Å². The molecule has 1 aliphatic carbocycles. The van der Waals surface area contributed by atoms with E-state index in [1.165, 1.54) is 6.92 Å². The Morgan fingerprint density at radius 1 is 0.844 bits per heavy atom. The van der Waals surface area contributed by atoms with Crippen molar-refractivity contribution in [3.63, 3.8) is 0 Å². The van der Waals surface area contributed by atoms with Gasteiger partial charge < -0.3 is 5.11 Å². The highest BCUT2D eigenvalue weighted by Gasteiger charge is 2.55. The molecule has 0 aromatic heterocycles. The maximum atomic E-state index is 13.7. The highest BCUT2D eigenvalue weighted by Crippen LogP contribution is 2.48. The van der Waals surface area contributed by atoms with Gasteiger partial charge >= 0.3 is 0 Å². The third kappa shape index (κ3) is 4.16. The Labute approximate surface area is 191 Å². The summed E-state index contributed by atoms with van der Waals surface area (Å²) in [7, 11) is 0. The number of Topliss-reactive ketones (excluding diaryl/α,β-unsaturated/α-hetero) is 3. The average molecular weight is 447 g/mol. The molecule has 1 fully saturated rings. The van der Waals surface area contributed by atoms with Crippen molar-refractivity contribution in [1.82, 2.24) is 0 Å². The Bertz CT molecular complexity index is 1140. The maximum Gasteiger partial charge on any atom is 0.173 e. The summed E-state index contributed by atoms with van der Waals surface area (Å²) in [5.41, 5.74) is -0.164. The Kier molecular flexibility index (Phi) is 6.09. The van der Waals surface area contributed by atoms with Crippen LogP contribution in [0.3, 0.4) is 0 Å². The van der Waals surface area contributed by atoms with Gasteiger partial charge in [-0.2, -0.15) is 0 Å². The van der Waals surface area contributed by atoms with Crippen LogP contribution in [0.25, 0.3) is 0 Å². The van der Waals surface area contributed by atoms with Crippen molar-refractivity contribution in [2.45, 2.75) is 24.9 Å². The highest BCUT2D eigenvalue weighted by atomic mass is 35.5. The summed E-state index contributed by atoms with van der Waals surface area (Å²) in [5, 5.41) is 11.8. The van der Waals surface area contributed by atoms with E-state index in [0.717, 1.165) is 0 Å². The molecule has 0 bridgehead atoms. The summed E-state index contributed by atoms with van der Waals surface area (Å²) in [4.78, 5) is 40.5. The van der Waals surface area contributed by atoms with Crippen LogP contribution in [0.4, 0.5) is 0 Å². The predicted molar refractivity (Wildman–Crippen MR) is 123 cm³/mol. The molecule has 0 unspecified atom stereocenters. The molecule has 0 saturated heterocycles. The van der Waals surface area contributed by atoms with E-state index in [2.05, 4.69) is 0 Å². The molecule has 4 nitrogen and oxygen atoms in total. The van der Waals surface area contributed by atoms with Crippen LogP contribution >= 0.6 is 11.6 Å². The Morgan fingerprint density at radius 3 is 1.88 bits per heavy atom. The minimum Gasteiger partial charge on any atom is -0.389 e. The van der Waals surface area contributed by atoms with Crippen LogP contribution in [0, 0.1) is 11.8 Å². The first-order chi connectivity index (χ1) is 15.3. The van der Waals surface area contributed by atoms with Gasteiger partial charge in [0.15, 0.2) is 11.6 Å². The van der Waals surface area contributed by atoms with Gasteiger partial charge in [-0.15, -0.1) is 0 Å². The monoisotopic (exact) mass is 446 g/mol. The number of hydrogen-bond acceptors (Lipinski definition) is 4. The van der Waals surface area contributed by atoms with Crippen LogP contribution in [-0.4, -0.2) is 28.1 Å². The number of ketones is 3. The number of aliphatic hydroxyl groups is 1. The topological polar surface area (TPSA) is 71.4 Å². The fourth-order valence-electron chi connectivity index (χ4n) is 4.74. The SMILES string of the molecule is C[C@@]1(O)CC(=O)[C@H](C(=O)c2ccccc2)[C@H](c2ccc(Cl)cc2)[C@@H]1C(=O)c1ccccc1. The van der Waals surface area contributed by atoms with Gasteiger partial charge in [0.05, 0.1) is 17.4 Å². The number of benzene rings is 3. The van der Waals surface area contributed by atoms with Gasteiger partial charge in [0.25, 0.3) is 0 Å². The molecule has 0 spiro atoms. The molecule has 4 atom stereocenters. The fraction of sp³-hybridized carbons (Fsp3) is 0.222. The Balaban J connectivity index is 1.89. The summed E-state index contributed by atoms with van der Waals surface area (Å²) in [6.07, 6.45) is -0.274. The molecule has 3 aromatic rings. The summed E-state index contributed by atoms with van der Waals surface area (Å²) in [5.74, 6) is -3.92. The third-order valence-electron chi connectivity index (χ3n) is 6.20. The van der Waals surface area contributed by atoms with Gasteiger partial charge in [-0.25, -0.2) is 0 Å². The van der Waals surface area contributed by atoms with Gasteiger partial charge in [-0.05, 0) is 24.6 Å². The number of hydrogen-bond donors (Lipinski definition) is 1. The van der Waals surface area contributed by atoms with E-state index in [4.69, 9.17) is 11.6 Å². The molecule has 0 aliphatic heterocycles. The predicted octanol–water partition coefficient (Wildman–Crippen LogP) is 5.15. The Morgan fingerprint density at radius 2 is 1.34 bits per heavy atom. The van der Waals surface area contributed by atoms with Crippen molar-refractivity contribution in [3.8, 4) is 0 Å². The quantitative estimate of drug-likeness (QED) is 0.435. The van der Waals surface area contributed by atoms with Crippen LogP contribution in [0.1, 0.15) is 45.5 Å². The van der Waals surface area contributed by atoms with E-state index >= 15 is 0 Å². The molecule has 0 amide bonds. The van der Waals surface area contributed by atoms with E-state index in [1.807, 2.05) is 0 Å². The van der Waals surface area contributed by atoms with E-state index < -0.39 is 23.4 Å². The standard InChI is InChI=1S/C27H23ClO4/c1-27(32)16-21(29)23(25(30)18-8-4-2-5-9-18)22(17-12-14-20(28)15-13-17)24(27)26(31)19-10-6-3-7-11-19/h2-15,22-24,32H,16H2,1H3/t22-,23-,24+,27+/m0/s1. The zero-order valence-corrected chi connectivity index (χ0v) is 18.3. The molecule has 0 heterocycles. The number of carbonyl (C=O) groups excluding carboxylic acids is 3. The summed E-state index contributed by atoms with van der Waals surface area (Å²) >= 11 is 6.07. The van der Waals surface area contributed by atoms with Crippen LogP contribution in [0.2, 0.25) is 5.02 Å². The van der Waals surface area contributed by atoms with Crippen LogP contribution in [0.5, 0.6) is 0 Å². The number of carbonyl (C=O) groups is 3. The lowest BCUT2D eigenvalue weighted by atomic mass is 9.58. The molecule has 0 radical (unpaired) electrons. The first-order valence-corrected chi connectivity index (χ1v) is 10.9. The van der Waals surface area contributed by atoms with Gasteiger partial charge in [0, 0.05) is 28.5 Å². The molecule has 1 saturated carbocycles. The average Bonchev–Trinajstić information content (AvgIpc) is 2.79. The van der Waals surface area contributed by atoms with E-state index in [9.17, 15) is 19.5 Å². The lowest BCUT2D eigenvalue weighted by Gasteiger charge is -2.45. The zero-order valence-electron chi connectivity index (χ0n) is 17.6. The number of rotatable bonds is 5. The van der Waals surface area contributed by atoms with Gasteiger partial charge in [0.2, 0.25) is 0 Å². The molecular formula is C27H23ClO4. The zero-order chi connectivity index (χ0) is 22.9. The second-order valence-corrected chi connectivity index (χ2v) is 8.93. The smallest absolute Gasteiger partial charge is 0.173 e. The van der Waals surface area contributed by atoms with Crippen molar-refractivity contribution < 1.29 is 19.5 Å². The van der Waals surface area contributed by atoms with Crippen molar-refractivity contribution in [1.29, 1.82) is 0 Å². The molecule has 162 valence electrons.